The first-order chi connectivity index (χ1) is 12.1. The molecule has 0 saturated carbocycles. The number of hydrogen-bond donors (Lipinski definition) is 1. The van der Waals surface area contributed by atoms with Crippen molar-refractivity contribution in [1.82, 2.24) is 20.1 Å². The first-order valence-corrected chi connectivity index (χ1v) is 8.91. The van der Waals surface area contributed by atoms with Gasteiger partial charge in [-0.25, -0.2) is 0 Å². The van der Waals surface area contributed by atoms with Crippen molar-refractivity contribution in [2.24, 2.45) is 0 Å². The van der Waals surface area contributed by atoms with Crippen LogP contribution in [0.3, 0.4) is 0 Å². The van der Waals surface area contributed by atoms with Crippen LogP contribution in [0.4, 0.5) is 0 Å². The van der Waals surface area contributed by atoms with Crippen molar-refractivity contribution in [1.29, 1.82) is 0 Å². The van der Waals surface area contributed by atoms with E-state index < -0.39 is 0 Å². The lowest BCUT2D eigenvalue weighted by molar-refractivity contribution is -0.121. The molecule has 1 N–H and O–H groups in total. The number of hydrogen-bond acceptors (Lipinski definition) is 4. The highest BCUT2D eigenvalue weighted by Gasteiger charge is 2.15. The Hall–Kier alpha value is -2.50. The average molecular weight is 340 g/mol. The topological polar surface area (TPSA) is 76.9 Å². The van der Waals surface area contributed by atoms with E-state index in [1.54, 1.807) is 12.1 Å². The van der Waals surface area contributed by atoms with Crippen LogP contribution in [0.25, 0.3) is 0 Å². The van der Waals surface area contributed by atoms with Crippen LogP contribution in [0.2, 0.25) is 0 Å². The molecule has 2 heterocycles. The molecule has 1 aliphatic rings. The summed E-state index contributed by atoms with van der Waals surface area (Å²) in [5.74, 6) is 1.67. The fraction of sp³-hybridized carbons (Fsp3) is 0.474. The van der Waals surface area contributed by atoms with Gasteiger partial charge in [0, 0.05) is 31.4 Å². The van der Waals surface area contributed by atoms with Crippen molar-refractivity contribution < 1.29 is 9.59 Å². The molecule has 1 aromatic heterocycles. The van der Waals surface area contributed by atoms with Gasteiger partial charge in [0.25, 0.3) is 0 Å². The molecule has 6 nitrogen and oxygen atoms in total. The van der Waals surface area contributed by atoms with Gasteiger partial charge >= 0.3 is 0 Å². The van der Waals surface area contributed by atoms with Crippen LogP contribution in [0.15, 0.2) is 24.3 Å². The van der Waals surface area contributed by atoms with Gasteiger partial charge in [0.2, 0.25) is 5.91 Å². The Bertz CT molecular complexity index is 749. The van der Waals surface area contributed by atoms with Crippen molar-refractivity contribution in [3.8, 4) is 0 Å². The zero-order chi connectivity index (χ0) is 17.6. The molecule has 3 rings (SSSR count). The number of benzene rings is 1. The minimum atomic E-state index is -0.133. The summed E-state index contributed by atoms with van der Waals surface area (Å²) in [7, 11) is 0. The third-order valence-electron chi connectivity index (χ3n) is 4.58. The summed E-state index contributed by atoms with van der Waals surface area (Å²) in [5.41, 5.74) is 1.77. The largest absolute Gasteiger partial charge is 0.349 e. The Morgan fingerprint density at radius 3 is 2.68 bits per heavy atom. The number of fused-ring (bicyclic) bond motifs is 1. The lowest BCUT2D eigenvalue weighted by atomic mass is 10.1. The molecule has 0 saturated heterocycles. The van der Waals surface area contributed by atoms with Gasteiger partial charge in [-0.1, -0.05) is 36.2 Å². The quantitative estimate of drug-likeness (QED) is 0.820. The fourth-order valence-corrected chi connectivity index (χ4v) is 3.05. The Morgan fingerprint density at radius 2 is 1.88 bits per heavy atom. The smallest absolute Gasteiger partial charge is 0.220 e. The van der Waals surface area contributed by atoms with Crippen LogP contribution in [0.1, 0.15) is 59.7 Å². The molecule has 2 aromatic rings. The van der Waals surface area contributed by atoms with Crippen LogP contribution in [-0.2, 0) is 24.3 Å². The van der Waals surface area contributed by atoms with Gasteiger partial charge in [0.15, 0.2) is 11.6 Å². The molecule has 1 aliphatic heterocycles. The average Bonchev–Trinajstić information content (AvgIpc) is 2.85. The molecule has 0 radical (unpaired) electrons. The number of amides is 1. The zero-order valence-electron chi connectivity index (χ0n) is 14.6. The molecule has 0 atom stereocenters. The number of carbonyl (C=O) groups is 2. The Morgan fingerprint density at radius 1 is 1.08 bits per heavy atom. The van der Waals surface area contributed by atoms with Crippen molar-refractivity contribution in [3.05, 3.63) is 47.0 Å². The van der Waals surface area contributed by atoms with Crippen LogP contribution in [0, 0.1) is 6.92 Å². The van der Waals surface area contributed by atoms with E-state index in [4.69, 9.17) is 0 Å². The maximum atomic E-state index is 12.1. The summed E-state index contributed by atoms with van der Waals surface area (Å²) in [6, 6.07) is 7.43. The molecule has 132 valence electrons. The number of aryl methyl sites for hydroxylation is 2. The first-order valence-electron chi connectivity index (χ1n) is 8.91. The summed E-state index contributed by atoms with van der Waals surface area (Å²) >= 11 is 0. The second kappa shape index (κ2) is 8.05. The van der Waals surface area contributed by atoms with E-state index in [1.807, 2.05) is 19.1 Å². The van der Waals surface area contributed by atoms with E-state index in [1.165, 1.54) is 6.42 Å². The third kappa shape index (κ3) is 4.53. The first kappa shape index (κ1) is 17.3. The van der Waals surface area contributed by atoms with E-state index >= 15 is 0 Å². The molecular weight excluding hydrogens is 316 g/mol. The highest BCUT2D eigenvalue weighted by atomic mass is 16.2. The molecule has 0 unspecified atom stereocenters. The van der Waals surface area contributed by atoms with Gasteiger partial charge in [0.05, 0.1) is 6.54 Å². The van der Waals surface area contributed by atoms with Gasteiger partial charge < -0.3 is 9.88 Å². The monoisotopic (exact) mass is 340 g/mol. The maximum Gasteiger partial charge on any atom is 0.220 e. The molecule has 1 aromatic carbocycles. The molecule has 0 bridgehead atoms. The number of nitrogens with zero attached hydrogens (tertiary/aromatic N) is 3. The number of nitrogens with one attached hydrogen (secondary N) is 1. The van der Waals surface area contributed by atoms with E-state index in [0.717, 1.165) is 43.0 Å². The van der Waals surface area contributed by atoms with Crippen LogP contribution < -0.4 is 5.32 Å². The van der Waals surface area contributed by atoms with E-state index in [2.05, 4.69) is 20.1 Å². The molecule has 6 heteroatoms. The van der Waals surface area contributed by atoms with E-state index in [9.17, 15) is 9.59 Å². The minimum Gasteiger partial charge on any atom is -0.349 e. The summed E-state index contributed by atoms with van der Waals surface area (Å²) in [6.07, 6.45) is 4.82. The standard InChI is InChI=1S/C19H24N4O2/c1-14-6-8-15(9-7-14)16(24)10-11-19(25)20-13-18-22-21-17-5-3-2-4-12-23(17)18/h6-9H,2-5,10-13H2,1H3,(H,20,25). The third-order valence-corrected chi connectivity index (χ3v) is 4.58. The minimum absolute atomic E-state index is 0.00788. The summed E-state index contributed by atoms with van der Waals surface area (Å²) in [4.78, 5) is 24.2. The van der Waals surface area contributed by atoms with Gasteiger partial charge in [-0.15, -0.1) is 10.2 Å². The van der Waals surface area contributed by atoms with E-state index in [-0.39, 0.29) is 24.5 Å². The lowest BCUT2D eigenvalue weighted by Gasteiger charge is -2.08. The van der Waals surface area contributed by atoms with Gasteiger partial charge in [0.1, 0.15) is 5.82 Å². The predicted octanol–water partition coefficient (Wildman–Crippen LogP) is 2.59. The molecule has 0 fully saturated rings. The second-order valence-electron chi connectivity index (χ2n) is 6.56. The Balaban J connectivity index is 1.48. The van der Waals surface area contributed by atoms with Gasteiger partial charge in [-0.05, 0) is 19.8 Å². The zero-order valence-corrected chi connectivity index (χ0v) is 14.6. The van der Waals surface area contributed by atoms with E-state index in [0.29, 0.717) is 12.1 Å². The summed E-state index contributed by atoms with van der Waals surface area (Å²) < 4.78 is 2.12. The van der Waals surface area contributed by atoms with Crippen molar-refractivity contribution in [2.75, 3.05) is 0 Å². The number of Topliss-reactive ketones (excluding diaryl/α,β-unsaturated/α-hetero) is 1. The van der Waals surface area contributed by atoms with Crippen LogP contribution in [0.5, 0.6) is 0 Å². The Kier molecular flexibility index (Phi) is 5.58. The lowest BCUT2D eigenvalue weighted by Crippen LogP contribution is -2.25. The van der Waals surface area contributed by atoms with Crippen LogP contribution in [-0.4, -0.2) is 26.5 Å². The summed E-state index contributed by atoms with van der Waals surface area (Å²) in [5, 5.41) is 11.3. The van der Waals surface area contributed by atoms with Crippen molar-refractivity contribution in [3.63, 3.8) is 0 Å². The van der Waals surface area contributed by atoms with Crippen LogP contribution >= 0.6 is 0 Å². The number of aromatic nitrogens is 3. The van der Waals surface area contributed by atoms with Gasteiger partial charge in [-0.2, -0.15) is 0 Å². The maximum absolute atomic E-state index is 12.1. The van der Waals surface area contributed by atoms with Gasteiger partial charge in [-0.3, -0.25) is 9.59 Å². The van der Waals surface area contributed by atoms with Crippen molar-refractivity contribution in [2.45, 2.75) is 58.5 Å². The highest BCUT2D eigenvalue weighted by molar-refractivity contribution is 5.97. The second-order valence-corrected chi connectivity index (χ2v) is 6.56. The predicted molar refractivity (Wildman–Crippen MR) is 94.2 cm³/mol. The Labute approximate surface area is 147 Å². The van der Waals surface area contributed by atoms with Crippen molar-refractivity contribution >= 4 is 11.7 Å². The molecule has 1 amide bonds. The fourth-order valence-electron chi connectivity index (χ4n) is 3.05. The SMILES string of the molecule is Cc1ccc(C(=O)CCC(=O)NCc2nnc3n2CCCCC3)cc1. The number of rotatable bonds is 6. The summed E-state index contributed by atoms with van der Waals surface area (Å²) in [6.45, 7) is 3.26. The molecule has 25 heavy (non-hydrogen) atoms. The molecule has 0 spiro atoms. The number of ketones is 1. The highest BCUT2D eigenvalue weighted by Crippen LogP contribution is 2.14. The number of carbonyl (C=O) groups excluding carboxylic acids is 2. The molecule has 0 aliphatic carbocycles. The normalized spacial score (nSPS) is 13.8. The molecular formula is C19H24N4O2.